The fourth-order valence-corrected chi connectivity index (χ4v) is 4.09. The molecule has 1 unspecified atom stereocenters. The molecule has 1 atom stereocenters. The van der Waals surface area contributed by atoms with E-state index in [1.165, 1.54) is 39.2 Å². The Morgan fingerprint density at radius 2 is 2.00 bits per heavy atom. The number of amides is 1. The van der Waals surface area contributed by atoms with Crippen LogP contribution in [0.1, 0.15) is 42.5 Å². The van der Waals surface area contributed by atoms with Gasteiger partial charge in [-0.2, -0.15) is 0 Å². The molecule has 3 N–H and O–H groups in total. The van der Waals surface area contributed by atoms with Gasteiger partial charge >= 0.3 is 0 Å². The van der Waals surface area contributed by atoms with Gasteiger partial charge in [0.1, 0.15) is 5.75 Å². The van der Waals surface area contributed by atoms with Gasteiger partial charge in [-0.1, -0.05) is 30.9 Å². The molecule has 1 heterocycles. The normalized spacial score (nSPS) is 22.9. The molecule has 3 rings (SSSR count). The van der Waals surface area contributed by atoms with E-state index in [2.05, 4.69) is 22.4 Å². The molecule has 1 aromatic rings. The van der Waals surface area contributed by atoms with Crippen LogP contribution in [0.4, 0.5) is 5.69 Å². The molecule has 2 fully saturated rings. The number of carbonyl (C=O) groups is 1. The molecular weight excluding hydrogens is 340 g/mol. The molecule has 1 saturated heterocycles. The number of carbonyl (C=O) groups excluding carboxylic acids is 1. The Bertz CT molecular complexity index is 634. The third-order valence-electron chi connectivity index (χ3n) is 5.23. The Morgan fingerprint density at radius 1 is 1.28 bits per heavy atom. The second kappa shape index (κ2) is 7.81. The summed E-state index contributed by atoms with van der Waals surface area (Å²) in [5.74, 6) is 0.262. The highest BCUT2D eigenvalue weighted by Crippen LogP contribution is 2.29. The van der Waals surface area contributed by atoms with Crippen LogP contribution in [0.25, 0.3) is 0 Å². The van der Waals surface area contributed by atoms with Crippen molar-refractivity contribution in [3.8, 4) is 5.75 Å². The van der Waals surface area contributed by atoms with E-state index in [0.717, 1.165) is 13.1 Å². The number of nitrogens with two attached hydrogens (primary N) is 1. The fourth-order valence-electron chi connectivity index (χ4n) is 3.92. The average molecular weight is 367 g/mol. The minimum absolute atomic E-state index is 0.0838. The number of nitrogen functional groups attached to an aromatic ring is 1. The number of ether oxygens (including phenoxy) is 1. The Hall–Kier alpha value is -1.50. The molecule has 2 aliphatic rings. The smallest absolute Gasteiger partial charge is 0.255 e. The lowest BCUT2D eigenvalue weighted by Gasteiger charge is -2.35. The van der Waals surface area contributed by atoms with Crippen LogP contribution in [0.15, 0.2) is 12.1 Å². The predicted octanol–water partition coefficient (Wildman–Crippen LogP) is 2.52. The number of hydrazine groups is 1. The van der Waals surface area contributed by atoms with E-state index in [1.807, 2.05) is 0 Å². The average Bonchev–Trinajstić information content (AvgIpc) is 2.97. The number of hydrogen-bond acceptors (Lipinski definition) is 5. The molecule has 1 aliphatic heterocycles. The Kier molecular flexibility index (Phi) is 5.71. The second-order valence-corrected chi connectivity index (χ2v) is 7.41. The van der Waals surface area contributed by atoms with Crippen molar-refractivity contribution in [2.75, 3.05) is 33.0 Å². The third-order valence-corrected chi connectivity index (χ3v) is 5.55. The first-order chi connectivity index (χ1) is 12.0. The van der Waals surface area contributed by atoms with Gasteiger partial charge in [-0.25, -0.2) is 10.0 Å². The molecule has 1 amide bonds. The van der Waals surface area contributed by atoms with Crippen molar-refractivity contribution in [2.24, 2.45) is 0 Å². The summed E-state index contributed by atoms with van der Waals surface area (Å²) in [4.78, 5) is 12.7. The van der Waals surface area contributed by atoms with E-state index >= 15 is 0 Å². The van der Waals surface area contributed by atoms with Crippen molar-refractivity contribution in [3.63, 3.8) is 0 Å². The van der Waals surface area contributed by atoms with Crippen molar-refractivity contribution in [1.29, 1.82) is 0 Å². The molecule has 1 aliphatic carbocycles. The van der Waals surface area contributed by atoms with Gasteiger partial charge in [-0.3, -0.25) is 4.79 Å². The minimum Gasteiger partial charge on any atom is -0.496 e. The zero-order valence-corrected chi connectivity index (χ0v) is 15.7. The van der Waals surface area contributed by atoms with Gasteiger partial charge < -0.3 is 15.8 Å². The van der Waals surface area contributed by atoms with Crippen molar-refractivity contribution in [2.45, 2.75) is 44.2 Å². The first-order valence-electron chi connectivity index (χ1n) is 8.91. The number of hydrogen-bond donors (Lipinski definition) is 2. The third kappa shape index (κ3) is 4.02. The van der Waals surface area contributed by atoms with Gasteiger partial charge in [0.2, 0.25) is 0 Å². The molecule has 25 heavy (non-hydrogen) atoms. The highest BCUT2D eigenvalue weighted by atomic mass is 35.5. The van der Waals surface area contributed by atoms with E-state index in [-0.39, 0.29) is 11.9 Å². The van der Waals surface area contributed by atoms with Gasteiger partial charge in [-0.15, -0.1) is 0 Å². The van der Waals surface area contributed by atoms with Crippen LogP contribution in [0.2, 0.25) is 5.02 Å². The lowest BCUT2D eigenvalue weighted by molar-refractivity contribution is -0.00496. The van der Waals surface area contributed by atoms with Crippen LogP contribution in [0, 0.1) is 0 Å². The summed E-state index contributed by atoms with van der Waals surface area (Å²) < 4.78 is 5.28. The Morgan fingerprint density at radius 3 is 2.68 bits per heavy atom. The molecule has 0 radical (unpaired) electrons. The summed E-state index contributed by atoms with van der Waals surface area (Å²) in [7, 11) is 3.62. The zero-order chi connectivity index (χ0) is 18.0. The van der Waals surface area contributed by atoms with Crippen molar-refractivity contribution < 1.29 is 9.53 Å². The second-order valence-electron chi connectivity index (χ2n) is 7.00. The minimum atomic E-state index is -0.178. The zero-order valence-electron chi connectivity index (χ0n) is 14.9. The lowest BCUT2D eigenvalue weighted by atomic mass is 9.95. The summed E-state index contributed by atoms with van der Waals surface area (Å²) in [6, 6.07) is 3.84. The van der Waals surface area contributed by atoms with Gasteiger partial charge in [0.05, 0.1) is 29.4 Å². The monoisotopic (exact) mass is 366 g/mol. The topological polar surface area (TPSA) is 70.8 Å². The maximum absolute atomic E-state index is 12.7. The molecule has 1 saturated carbocycles. The number of nitrogens with zero attached hydrogens (tertiary/aromatic N) is 2. The van der Waals surface area contributed by atoms with Crippen LogP contribution in [-0.2, 0) is 0 Å². The molecule has 0 bridgehead atoms. The highest BCUT2D eigenvalue weighted by molar-refractivity contribution is 6.33. The van der Waals surface area contributed by atoms with Crippen LogP contribution < -0.4 is 15.8 Å². The van der Waals surface area contributed by atoms with Crippen LogP contribution in [0.3, 0.4) is 0 Å². The van der Waals surface area contributed by atoms with E-state index < -0.39 is 0 Å². The van der Waals surface area contributed by atoms with Crippen molar-refractivity contribution in [1.82, 2.24) is 15.3 Å². The van der Waals surface area contributed by atoms with Crippen LogP contribution in [-0.4, -0.2) is 55.3 Å². The predicted molar refractivity (Wildman–Crippen MR) is 99.9 cm³/mol. The van der Waals surface area contributed by atoms with Gasteiger partial charge in [0.25, 0.3) is 5.91 Å². The van der Waals surface area contributed by atoms with Gasteiger partial charge in [0, 0.05) is 32.2 Å². The maximum Gasteiger partial charge on any atom is 0.255 e. The van der Waals surface area contributed by atoms with E-state index in [1.54, 1.807) is 12.1 Å². The first-order valence-corrected chi connectivity index (χ1v) is 9.29. The molecule has 7 heteroatoms. The first kappa shape index (κ1) is 18.3. The number of halogens is 1. The molecule has 138 valence electrons. The van der Waals surface area contributed by atoms with Gasteiger partial charge in [0.15, 0.2) is 0 Å². The SMILES string of the molecule is COc1cc(N)c(Cl)cc1C(=O)NC1CN(C)N(C2CCCCC2)C1. The standard InChI is InChI=1S/C18H27ClN4O2/c1-22-10-12(11-23(22)13-6-4-3-5-7-13)21-18(24)14-8-15(19)16(20)9-17(14)25-2/h8-9,12-13H,3-7,10-11,20H2,1-2H3,(H,21,24). The number of anilines is 1. The Labute approximate surface area is 154 Å². The molecule has 0 aromatic heterocycles. The van der Waals surface area contributed by atoms with E-state index in [9.17, 15) is 4.79 Å². The molecular formula is C18H27ClN4O2. The van der Waals surface area contributed by atoms with Gasteiger partial charge in [-0.05, 0) is 18.9 Å². The summed E-state index contributed by atoms with van der Waals surface area (Å²) in [5.41, 5.74) is 6.61. The maximum atomic E-state index is 12.7. The summed E-state index contributed by atoms with van der Waals surface area (Å²) in [5, 5.41) is 8.13. The summed E-state index contributed by atoms with van der Waals surface area (Å²) >= 11 is 6.07. The molecule has 1 aromatic carbocycles. The lowest BCUT2D eigenvalue weighted by Crippen LogP contribution is -2.43. The highest BCUT2D eigenvalue weighted by Gasteiger charge is 2.34. The quantitative estimate of drug-likeness (QED) is 0.801. The molecule has 6 nitrogen and oxygen atoms in total. The largest absolute Gasteiger partial charge is 0.496 e. The fraction of sp³-hybridized carbons (Fsp3) is 0.611. The van der Waals surface area contributed by atoms with Crippen LogP contribution >= 0.6 is 11.6 Å². The number of rotatable bonds is 4. The number of methoxy groups -OCH3 is 1. The van der Waals surface area contributed by atoms with Crippen molar-refractivity contribution >= 4 is 23.2 Å². The summed E-state index contributed by atoms with van der Waals surface area (Å²) in [6.45, 7) is 1.66. The van der Waals surface area contributed by atoms with E-state index in [0.29, 0.717) is 28.1 Å². The Balaban J connectivity index is 1.66. The number of benzene rings is 1. The van der Waals surface area contributed by atoms with Crippen molar-refractivity contribution in [3.05, 3.63) is 22.7 Å². The number of likely N-dealkylation sites (N-methyl/N-ethyl adjacent to an activating group) is 1. The number of nitrogens with one attached hydrogen (secondary N) is 1. The van der Waals surface area contributed by atoms with Crippen LogP contribution in [0.5, 0.6) is 5.75 Å². The summed E-state index contributed by atoms with van der Waals surface area (Å²) in [6.07, 6.45) is 6.42. The van der Waals surface area contributed by atoms with E-state index in [4.69, 9.17) is 22.1 Å². The molecule has 0 spiro atoms.